The van der Waals surface area contributed by atoms with Crippen molar-refractivity contribution in [3.05, 3.63) is 71.8 Å². The van der Waals surface area contributed by atoms with E-state index in [4.69, 9.17) is 14.2 Å². The molecular weight excluding hydrogens is 394 g/mol. The minimum Gasteiger partial charge on any atom is -0.445 e. The Balaban J connectivity index is 1.49. The van der Waals surface area contributed by atoms with Crippen LogP contribution in [0.4, 0.5) is 4.79 Å². The number of piperidine rings is 1. The van der Waals surface area contributed by atoms with Crippen LogP contribution in [0.2, 0.25) is 0 Å². The van der Waals surface area contributed by atoms with Gasteiger partial charge >= 0.3 is 6.09 Å². The summed E-state index contributed by atoms with van der Waals surface area (Å²) in [4.78, 5) is 14.2. The third-order valence-electron chi connectivity index (χ3n) is 5.45. The molecule has 1 fully saturated rings. The van der Waals surface area contributed by atoms with Crippen LogP contribution in [0, 0.1) is 0 Å². The van der Waals surface area contributed by atoms with Crippen molar-refractivity contribution in [3.8, 4) is 0 Å². The summed E-state index contributed by atoms with van der Waals surface area (Å²) in [6, 6.07) is 19.6. The molecule has 1 heterocycles. The molecule has 3 rings (SSSR count). The van der Waals surface area contributed by atoms with Gasteiger partial charge in [0.05, 0.1) is 17.8 Å². The first-order valence-corrected chi connectivity index (χ1v) is 10.8. The molecule has 0 saturated carbocycles. The van der Waals surface area contributed by atoms with Gasteiger partial charge in [-0.15, -0.1) is 0 Å². The lowest BCUT2D eigenvalue weighted by Gasteiger charge is -2.43. The van der Waals surface area contributed by atoms with Crippen molar-refractivity contribution < 1.29 is 24.1 Å². The first-order chi connectivity index (χ1) is 14.9. The number of carbonyl (C=O) groups is 1. The topological polar surface area (TPSA) is 68.2 Å². The van der Waals surface area contributed by atoms with E-state index in [1.54, 1.807) is 18.7 Å². The molecule has 1 aliphatic rings. The molecule has 1 saturated heterocycles. The van der Waals surface area contributed by atoms with E-state index in [1.807, 2.05) is 60.7 Å². The zero-order valence-electron chi connectivity index (χ0n) is 18.5. The molecule has 0 atom stereocenters. The Bertz CT molecular complexity index is 796. The van der Waals surface area contributed by atoms with Gasteiger partial charge in [0.2, 0.25) is 0 Å². The molecule has 0 unspecified atom stereocenters. The fourth-order valence-electron chi connectivity index (χ4n) is 3.97. The van der Waals surface area contributed by atoms with E-state index >= 15 is 0 Å². The van der Waals surface area contributed by atoms with Crippen molar-refractivity contribution in [2.24, 2.45) is 0 Å². The molecule has 168 valence electrons. The summed E-state index contributed by atoms with van der Waals surface area (Å²) >= 11 is 0. The lowest BCUT2D eigenvalue weighted by atomic mass is 9.82. The molecular formula is C25H33NO5. The second-order valence-corrected chi connectivity index (χ2v) is 8.80. The van der Waals surface area contributed by atoms with Gasteiger partial charge in [-0.25, -0.2) is 4.79 Å². The Hall–Kier alpha value is -2.41. The number of nitrogens with zero attached hydrogens (tertiary/aromatic N) is 1. The van der Waals surface area contributed by atoms with Crippen LogP contribution in [0.5, 0.6) is 0 Å². The molecule has 0 spiro atoms. The van der Waals surface area contributed by atoms with Gasteiger partial charge in [0.1, 0.15) is 13.4 Å². The Kier molecular flexibility index (Phi) is 8.07. The number of rotatable bonds is 9. The van der Waals surface area contributed by atoms with Crippen LogP contribution in [-0.2, 0) is 27.4 Å². The molecule has 2 aromatic carbocycles. The fourth-order valence-corrected chi connectivity index (χ4v) is 3.97. The van der Waals surface area contributed by atoms with E-state index < -0.39 is 11.2 Å². The summed E-state index contributed by atoms with van der Waals surface area (Å²) < 4.78 is 17.3. The van der Waals surface area contributed by atoms with E-state index in [-0.39, 0.29) is 19.5 Å². The minimum atomic E-state index is -0.880. The molecule has 6 heteroatoms. The van der Waals surface area contributed by atoms with Gasteiger partial charge in [-0.3, -0.25) is 0 Å². The van der Waals surface area contributed by atoms with Gasteiger partial charge in [0.15, 0.2) is 0 Å². The van der Waals surface area contributed by atoms with E-state index in [9.17, 15) is 9.90 Å². The zero-order chi connectivity index (χ0) is 22.2. The largest absolute Gasteiger partial charge is 0.445 e. The average molecular weight is 428 g/mol. The van der Waals surface area contributed by atoms with Crippen LogP contribution >= 0.6 is 0 Å². The van der Waals surface area contributed by atoms with Crippen LogP contribution in [0.25, 0.3) is 0 Å². The predicted molar refractivity (Wildman–Crippen MR) is 118 cm³/mol. The normalized spacial score (nSPS) is 16.2. The van der Waals surface area contributed by atoms with Crippen molar-refractivity contribution >= 4 is 6.09 Å². The second-order valence-electron chi connectivity index (χ2n) is 8.80. The highest BCUT2D eigenvalue weighted by atomic mass is 16.7. The summed E-state index contributed by atoms with van der Waals surface area (Å²) in [5, 5.41) is 10.4. The molecule has 6 nitrogen and oxygen atoms in total. The lowest BCUT2D eigenvalue weighted by molar-refractivity contribution is -0.183. The summed E-state index contributed by atoms with van der Waals surface area (Å²) in [6.07, 6.45) is 1.39. The number of ether oxygens (including phenoxy) is 3. The Morgan fingerprint density at radius 1 is 0.968 bits per heavy atom. The van der Waals surface area contributed by atoms with E-state index in [2.05, 4.69) is 0 Å². The van der Waals surface area contributed by atoms with Gasteiger partial charge in [-0.2, -0.15) is 0 Å². The second kappa shape index (κ2) is 10.8. The smallest absolute Gasteiger partial charge is 0.410 e. The Morgan fingerprint density at radius 3 is 2.06 bits per heavy atom. The van der Waals surface area contributed by atoms with Crippen LogP contribution in [-0.4, -0.2) is 47.2 Å². The van der Waals surface area contributed by atoms with Crippen LogP contribution in [0.1, 0.15) is 44.2 Å². The number of aliphatic hydroxyl groups is 1. The summed E-state index contributed by atoms with van der Waals surface area (Å²) in [7, 11) is 0. The quantitative estimate of drug-likeness (QED) is 0.471. The number of likely N-dealkylation sites (tertiary alicyclic amines) is 1. The predicted octanol–water partition coefficient (Wildman–Crippen LogP) is 4.51. The van der Waals surface area contributed by atoms with Gasteiger partial charge < -0.3 is 24.2 Å². The standard InChI is InChI=1S/C25H33NO5/c1-24(2,28)19-25(31-20-29-17-21-9-5-3-6-10-21)13-15-26(16-14-25)23(27)30-18-22-11-7-4-8-12-22/h3-12,28H,13-20H2,1-2H3. The Labute approximate surface area is 184 Å². The first-order valence-electron chi connectivity index (χ1n) is 10.8. The number of hydrogen-bond donors (Lipinski definition) is 1. The first kappa shape index (κ1) is 23.3. The number of benzene rings is 2. The molecule has 0 bridgehead atoms. The van der Waals surface area contributed by atoms with E-state index in [0.29, 0.717) is 39.0 Å². The molecule has 0 aromatic heterocycles. The van der Waals surface area contributed by atoms with Crippen LogP contribution in [0.3, 0.4) is 0 Å². The summed E-state index contributed by atoms with van der Waals surface area (Å²) in [5.74, 6) is 0. The van der Waals surface area contributed by atoms with Crippen molar-refractivity contribution in [2.45, 2.75) is 57.5 Å². The summed E-state index contributed by atoms with van der Waals surface area (Å²) in [5.41, 5.74) is 0.627. The molecule has 2 aromatic rings. The fraction of sp³-hybridized carbons (Fsp3) is 0.480. The average Bonchev–Trinajstić information content (AvgIpc) is 2.76. The Morgan fingerprint density at radius 2 is 1.52 bits per heavy atom. The molecule has 0 aliphatic carbocycles. The maximum atomic E-state index is 12.5. The molecule has 1 N–H and O–H groups in total. The SMILES string of the molecule is CC(C)(O)CC1(OCOCc2ccccc2)CCN(C(=O)OCc2ccccc2)CC1. The number of amides is 1. The molecule has 1 amide bonds. The monoisotopic (exact) mass is 427 g/mol. The van der Waals surface area contributed by atoms with Crippen molar-refractivity contribution in [3.63, 3.8) is 0 Å². The van der Waals surface area contributed by atoms with Gasteiger partial charge in [-0.05, 0) is 37.8 Å². The lowest BCUT2D eigenvalue weighted by Crippen LogP contribution is -2.51. The van der Waals surface area contributed by atoms with Gasteiger partial charge in [0, 0.05) is 19.5 Å². The third-order valence-corrected chi connectivity index (χ3v) is 5.45. The van der Waals surface area contributed by atoms with Crippen LogP contribution in [0.15, 0.2) is 60.7 Å². The highest BCUT2D eigenvalue weighted by Crippen LogP contribution is 2.34. The number of hydrogen-bond acceptors (Lipinski definition) is 5. The summed E-state index contributed by atoms with van der Waals surface area (Å²) in [6.45, 7) is 5.47. The van der Waals surface area contributed by atoms with Gasteiger partial charge in [0.25, 0.3) is 0 Å². The molecule has 0 radical (unpaired) electrons. The molecule has 1 aliphatic heterocycles. The van der Waals surface area contributed by atoms with Crippen molar-refractivity contribution in [2.75, 3.05) is 19.9 Å². The van der Waals surface area contributed by atoms with Crippen molar-refractivity contribution in [1.29, 1.82) is 0 Å². The van der Waals surface area contributed by atoms with E-state index in [1.165, 1.54) is 0 Å². The maximum Gasteiger partial charge on any atom is 0.410 e. The van der Waals surface area contributed by atoms with E-state index in [0.717, 1.165) is 11.1 Å². The number of carbonyl (C=O) groups excluding carboxylic acids is 1. The molecule has 31 heavy (non-hydrogen) atoms. The van der Waals surface area contributed by atoms with Crippen molar-refractivity contribution in [1.82, 2.24) is 4.90 Å². The third kappa shape index (κ3) is 7.65. The van der Waals surface area contributed by atoms with Gasteiger partial charge in [-0.1, -0.05) is 60.7 Å². The maximum absolute atomic E-state index is 12.5. The zero-order valence-corrected chi connectivity index (χ0v) is 18.5. The highest BCUT2D eigenvalue weighted by Gasteiger charge is 2.41. The van der Waals surface area contributed by atoms with Crippen LogP contribution < -0.4 is 0 Å². The minimum absolute atomic E-state index is 0.142. The highest BCUT2D eigenvalue weighted by molar-refractivity contribution is 5.67.